The first-order valence-corrected chi connectivity index (χ1v) is 10.5. The van der Waals surface area contributed by atoms with E-state index < -0.39 is 0 Å². The minimum Gasteiger partial charge on any atom is -0.342 e. The van der Waals surface area contributed by atoms with E-state index in [0.717, 1.165) is 22.9 Å². The highest BCUT2D eigenvalue weighted by atomic mass is 79.9. The van der Waals surface area contributed by atoms with Crippen molar-refractivity contribution in [3.8, 4) is 11.1 Å². The first-order valence-electron chi connectivity index (χ1n) is 9.71. The molecule has 1 unspecified atom stereocenters. The fraction of sp³-hybridized carbons (Fsp3) is 0.333. The lowest BCUT2D eigenvalue weighted by Gasteiger charge is -2.28. The predicted octanol–water partition coefficient (Wildman–Crippen LogP) is 3.52. The van der Waals surface area contributed by atoms with Crippen LogP contribution in [0.25, 0.3) is 11.1 Å². The largest absolute Gasteiger partial charge is 0.342 e. The summed E-state index contributed by atoms with van der Waals surface area (Å²) in [6.07, 6.45) is 7.06. The van der Waals surface area contributed by atoms with E-state index in [4.69, 9.17) is 0 Å². The number of hydrogen-bond acceptors (Lipinski definition) is 5. The highest BCUT2D eigenvalue weighted by molar-refractivity contribution is 9.10. The lowest BCUT2D eigenvalue weighted by Crippen LogP contribution is -2.43. The molecule has 9 heteroatoms. The molecular weight excluding hydrogens is 451 g/mol. The lowest BCUT2D eigenvalue weighted by atomic mass is 10.1. The number of nitrogens with zero attached hydrogens (tertiary/aromatic N) is 6. The molecule has 3 heterocycles. The summed E-state index contributed by atoms with van der Waals surface area (Å²) in [5, 5.41) is 4.42. The molecule has 3 aromatic rings. The van der Waals surface area contributed by atoms with Crippen molar-refractivity contribution < 1.29 is 9.18 Å². The van der Waals surface area contributed by atoms with E-state index in [1.807, 2.05) is 16.8 Å². The van der Waals surface area contributed by atoms with E-state index in [1.165, 1.54) is 12.1 Å². The van der Waals surface area contributed by atoms with Gasteiger partial charge in [0.2, 0.25) is 5.95 Å². The second-order valence-electron chi connectivity index (χ2n) is 7.45. The van der Waals surface area contributed by atoms with Gasteiger partial charge in [-0.05, 0) is 46.5 Å². The smallest absolute Gasteiger partial charge is 0.275 e. The number of amides is 1. The molecule has 156 valence electrons. The summed E-state index contributed by atoms with van der Waals surface area (Å²) in [4.78, 5) is 25.9. The van der Waals surface area contributed by atoms with Gasteiger partial charge in [0.15, 0.2) is 5.69 Å². The van der Waals surface area contributed by atoms with Crippen molar-refractivity contribution in [2.45, 2.75) is 18.9 Å². The number of benzene rings is 1. The quantitative estimate of drug-likeness (QED) is 0.568. The van der Waals surface area contributed by atoms with Gasteiger partial charge in [-0.1, -0.05) is 12.1 Å². The van der Waals surface area contributed by atoms with Gasteiger partial charge in [-0.15, -0.1) is 0 Å². The van der Waals surface area contributed by atoms with Crippen LogP contribution in [0.15, 0.2) is 47.3 Å². The second kappa shape index (κ2) is 8.51. The molecule has 4 rings (SSSR count). The molecule has 1 aliphatic rings. The molecule has 0 aliphatic carbocycles. The Morgan fingerprint density at radius 2 is 1.97 bits per heavy atom. The second-order valence-corrected chi connectivity index (χ2v) is 8.36. The number of likely N-dealkylation sites (tertiary alicyclic amines) is 1. The van der Waals surface area contributed by atoms with Crippen molar-refractivity contribution in [2.75, 3.05) is 25.0 Å². The van der Waals surface area contributed by atoms with Crippen LogP contribution in [-0.2, 0) is 7.05 Å². The monoisotopic (exact) mass is 472 g/mol. The van der Waals surface area contributed by atoms with Crippen LogP contribution in [0.5, 0.6) is 0 Å². The Morgan fingerprint density at radius 3 is 2.67 bits per heavy atom. The third kappa shape index (κ3) is 4.21. The highest BCUT2D eigenvalue weighted by Gasteiger charge is 2.33. The van der Waals surface area contributed by atoms with Crippen molar-refractivity contribution in [1.29, 1.82) is 0 Å². The van der Waals surface area contributed by atoms with E-state index in [2.05, 4.69) is 31.0 Å². The van der Waals surface area contributed by atoms with Gasteiger partial charge in [-0.3, -0.25) is 9.48 Å². The number of halogens is 2. The van der Waals surface area contributed by atoms with Gasteiger partial charge in [0, 0.05) is 57.4 Å². The molecule has 2 aromatic heterocycles. The number of aryl methyl sites for hydroxylation is 1. The summed E-state index contributed by atoms with van der Waals surface area (Å²) < 4.78 is 15.8. The van der Waals surface area contributed by atoms with Gasteiger partial charge in [-0.25, -0.2) is 14.4 Å². The van der Waals surface area contributed by atoms with Gasteiger partial charge in [0.1, 0.15) is 5.82 Å². The molecule has 7 nitrogen and oxygen atoms in total. The summed E-state index contributed by atoms with van der Waals surface area (Å²) in [5.41, 5.74) is 1.86. The molecule has 1 aromatic carbocycles. The Morgan fingerprint density at radius 1 is 1.27 bits per heavy atom. The molecule has 1 aliphatic heterocycles. The van der Waals surface area contributed by atoms with Crippen LogP contribution < -0.4 is 4.90 Å². The number of aromatic nitrogens is 4. The van der Waals surface area contributed by atoms with Crippen LogP contribution in [0.4, 0.5) is 10.3 Å². The van der Waals surface area contributed by atoms with Gasteiger partial charge < -0.3 is 9.80 Å². The summed E-state index contributed by atoms with van der Waals surface area (Å²) in [6, 6.07) is 6.16. The average molecular weight is 473 g/mol. The van der Waals surface area contributed by atoms with E-state index >= 15 is 0 Å². The van der Waals surface area contributed by atoms with Crippen LogP contribution >= 0.6 is 15.9 Å². The summed E-state index contributed by atoms with van der Waals surface area (Å²) in [6.45, 7) is 1.31. The maximum absolute atomic E-state index is 13.4. The first-order chi connectivity index (χ1) is 14.4. The normalized spacial score (nSPS) is 16.1. The zero-order valence-electron chi connectivity index (χ0n) is 16.8. The van der Waals surface area contributed by atoms with Gasteiger partial charge in [0.25, 0.3) is 5.91 Å². The Bertz CT molecular complexity index is 1040. The molecule has 1 fully saturated rings. The molecule has 0 radical (unpaired) electrons. The number of anilines is 1. The van der Waals surface area contributed by atoms with Crippen LogP contribution in [-0.4, -0.2) is 56.7 Å². The molecule has 0 N–H and O–H groups in total. The number of rotatable bonds is 5. The van der Waals surface area contributed by atoms with Gasteiger partial charge in [0.05, 0.1) is 4.47 Å². The third-order valence-corrected chi connectivity index (χ3v) is 5.67. The minimum atomic E-state index is -0.312. The Balaban J connectivity index is 1.55. The molecule has 1 atom stereocenters. The maximum atomic E-state index is 13.4. The highest BCUT2D eigenvalue weighted by Crippen LogP contribution is 2.27. The van der Waals surface area contributed by atoms with Crippen molar-refractivity contribution in [3.63, 3.8) is 0 Å². The van der Waals surface area contributed by atoms with E-state index in [-0.39, 0.29) is 17.8 Å². The molecule has 1 saturated heterocycles. The minimum absolute atomic E-state index is 0.0396. The van der Waals surface area contributed by atoms with Gasteiger partial charge >= 0.3 is 0 Å². The van der Waals surface area contributed by atoms with Crippen LogP contribution in [0.2, 0.25) is 0 Å². The molecule has 0 spiro atoms. The Labute approximate surface area is 182 Å². The van der Waals surface area contributed by atoms with E-state index in [0.29, 0.717) is 30.3 Å². The Kier molecular flexibility index (Phi) is 5.80. The average Bonchev–Trinajstić information content (AvgIpc) is 3.35. The number of carbonyl (C=O) groups is 1. The number of likely N-dealkylation sites (N-methyl/N-ethyl adjacent to an activating group) is 1. The molecule has 1 amide bonds. The SMILES string of the molecule is CN(CC1CCCN1C(=O)c1nn(C)cc1-c1ccc(F)cc1)c1ncc(Br)cn1. The van der Waals surface area contributed by atoms with Gasteiger partial charge in [-0.2, -0.15) is 5.10 Å². The molecular formula is C21H22BrFN6O. The summed E-state index contributed by atoms with van der Waals surface area (Å²) in [5.74, 6) is 0.193. The topological polar surface area (TPSA) is 67.2 Å². The Hall–Kier alpha value is -2.81. The summed E-state index contributed by atoms with van der Waals surface area (Å²) >= 11 is 3.34. The van der Waals surface area contributed by atoms with Crippen LogP contribution in [0.3, 0.4) is 0 Å². The fourth-order valence-corrected chi connectivity index (χ4v) is 4.02. The van der Waals surface area contributed by atoms with Crippen LogP contribution in [0.1, 0.15) is 23.3 Å². The van der Waals surface area contributed by atoms with Crippen molar-refractivity contribution in [2.24, 2.45) is 7.05 Å². The predicted molar refractivity (Wildman–Crippen MR) is 116 cm³/mol. The summed E-state index contributed by atoms with van der Waals surface area (Å²) in [7, 11) is 3.71. The molecule has 0 bridgehead atoms. The number of hydrogen-bond donors (Lipinski definition) is 0. The first kappa shape index (κ1) is 20.5. The molecule has 30 heavy (non-hydrogen) atoms. The van der Waals surface area contributed by atoms with Crippen molar-refractivity contribution >= 4 is 27.8 Å². The fourth-order valence-electron chi connectivity index (χ4n) is 3.82. The zero-order valence-corrected chi connectivity index (χ0v) is 18.4. The van der Waals surface area contributed by atoms with Crippen molar-refractivity contribution in [1.82, 2.24) is 24.6 Å². The van der Waals surface area contributed by atoms with Crippen LogP contribution in [0, 0.1) is 5.82 Å². The maximum Gasteiger partial charge on any atom is 0.275 e. The number of carbonyl (C=O) groups excluding carboxylic acids is 1. The molecule has 0 saturated carbocycles. The van der Waals surface area contributed by atoms with E-state index in [9.17, 15) is 9.18 Å². The standard InChI is InChI=1S/C21H22BrFN6O/c1-27(21-24-10-15(22)11-25-21)12-17-4-3-9-29(17)20(30)19-18(13-28(2)26-19)14-5-7-16(23)8-6-14/h5-8,10-11,13,17H,3-4,9,12H2,1-2H3. The van der Waals surface area contributed by atoms with Crippen molar-refractivity contribution in [3.05, 3.63) is 58.8 Å². The zero-order chi connectivity index (χ0) is 21.3. The van der Waals surface area contributed by atoms with E-state index in [1.54, 1.807) is 42.5 Å². The third-order valence-electron chi connectivity index (χ3n) is 5.26. The lowest BCUT2D eigenvalue weighted by molar-refractivity contribution is 0.0734.